The van der Waals surface area contributed by atoms with Crippen LogP contribution >= 0.6 is 11.3 Å². The molecule has 0 bridgehead atoms. The highest BCUT2D eigenvalue weighted by Gasteiger charge is 2.15. The molecule has 0 spiro atoms. The van der Waals surface area contributed by atoms with Crippen molar-refractivity contribution in [3.8, 4) is 0 Å². The molecule has 0 aliphatic carbocycles. The fraction of sp³-hybridized carbons (Fsp3) is 0.300. The molecule has 0 fully saturated rings. The number of hydrogen-bond donors (Lipinski definition) is 0. The van der Waals surface area contributed by atoms with E-state index in [9.17, 15) is 4.79 Å². The zero-order chi connectivity index (χ0) is 9.10. The molecular weight excluding hydrogens is 184 g/mol. The first-order valence-electron chi connectivity index (χ1n) is 4.23. The molecule has 0 aromatic carbocycles. The van der Waals surface area contributed by atoms with Gasteiger partial charge in [0.15, 0.2) is 5.76 Å². The van der Waals surface area contributed by atoms with Gasteiger partial charge in [-0.05, 0) is 28.5 Å². The van der Waals surface area contributed by atoms with Crippen LogP contribution in [-0.2, 0) is 16.0 Å². The average molecular weight is 194 g/mol. The number of allylic oxidation sites excluding steroid dienone is 1. The minimum absolute atomic E-state index is 0.0934. The van der Waals surface area contributed by atoms with Gasteiger partial charge in [-0.25, -0.2) is 0 Å². The van der Waals surface area contributed by atoms with Gasteiger partial charge in [-0.1, -0.05) is 0 Å². The van der Waals surface area contributed by atoms with E-state index in [2.05, 4.69) is 0 Å². The Morgan fingerprint density at radius 3 is 3.15 bits per heavy atom. The van der Waals surface area contributed by atoms with Crippen LogP contribution in [0.5, 0.6) is 0 Å². The van der Waals surface area contributed by atoms with Crippen LogP contribution in [0.3, 0.4) is 0 Å². The molecule has 0 amide bonds. The molecule has 2 nitrogen and oxygen atoms in total. The minimum Gasteiger partial charge on any atom is -0.490 e. The third kappa shape index (κ3) is 1.98. The Morgan fingerprint density at radius 1 is 1.62 bits per heavy atom. The molecule has 13 heavy (non-hydrogen) atoms. The second-order valence-electron chi connectivity index (χ2n) is 2.94. The number of ether oxygens (including phenoxy) is 1. The van der Waals surface area contributed by atoms with Crippen LogP contribution in [0, 0.1) is 0 Å². The highest BCUT2D eigenvalue weighted by molar-refractivity contribution is 7.08. The molecule has 0 saturated carbocycles. The van der Waals surface area contributed by atoms with E-state index in [1.54, 1.807) is 11.3 Å². The Bertz CT molecular complexity index is 325. The van der Waals surface area contributed by atoms with Gasteiger partial charge in [0.05, 0.1) is 6.61 Å². The van der Waals surface area contributed by atoms with Gasteiger partial charge >= 0.3 is 0 Å². The van der Waals surface area contributed by atoms with Crippen LogP contribution in [-0.4, -0.2) is 12.4 Å². The van der Waals surface area contributed by atoms with Crippen molar-refractivity contribution in [3.63, 3.8) is 0 Å². The van der Waals surface area contributed by atoms with E-state index in [0.717, 1.165) is 12.0 Å². The average Bonchev–Trinajstić information content (AvgIpc) is 2.74. The van der Waals surface area contributed by atoms with Crippen molar-refractivity contribution in [2.24, 2.45) is 0 Å². The summed E-state index contributed by atoms with van der Waals surface area (Å²) in [6, 6.07) is 1.97. The Morgan fingerprint density at radius 2 is 2.54 bits per heavy atom. The Kier molecular flexibility index (Phi) is 2.45. The molecular formula is C10H10O2S. The highest BCUT2D eigenvalue weighted by atomic mass is 32.1. The molecule has 3 heteroatoms. The van der Waals surface area contributed by atoms with Crippen molar-refractivity contribution in [2.75, 3.05) is 6.61 Å². The molecule has 2 heterocycles. The molecule has 0 unspecified atom stereocenters. The van der Waals surface area contributed by atoms with Crippen molar-refractivity contribution in [2.45, 2.75) is 12.8 Å². The maximum atomic E-state index is 11.5. The molecule has 1 aromatic rings. The summed E-state index contributed by atoms with van der Waals surface area (Å²) in [7, 11) is 0. The van der Waals surface area contributed by atoms with Crippen LogP contribution in [0.4, 0.5) is 0 Å². The number of thiophene rings is 1. The summed E-state index contributed by atoms with van der Waals surface area (Å²) in [5, 5.41) is 3.97. The standard InChI is InChI=1S/C10H10O2S/c11-9(10-2-1-4-12-10)6-8-3-5-13-7-8/h2-3,5,7H,1,4,6H2. The maximum absolute atomic E-state index is 11.5. The van der Waals surface area contributed by atoms with Gasteiger partial charge < -0.3 is 4.74 Å². The van der Waals surface area contributed by atoms with Gasteiger partial charge in [-0.2, -0.15) is 11.3 Å². The lowest BCUT2D eigenvalue weighted by Crippen LogP contribution is -2.05. The summed E-state index contributed by atoms with van der Waals surface area (Å²) in [5.74, 6) is 0.641. The molecule has 0 radical (unpaired) electrons. The quantitative estimate of drug-likeness (QED) is 0.737. The highest BCUT2D eigenvalue weighted by Crippen LogP contribution is 2.14. The Hall–Kier alpha value is -1.09. The summed E-state index contributed by atoms with van der Waals surface area (Å²) in [6.45, 7) is 0.657. The van der Waals surface area contributed by atoms with Crippen molar-refractivity contribution in [1.82, 2.24) is 0 Å². The van der Waals surface area contributed by atoms with Crippen molar-refractivity contribution >= 4 is 17.1 Å². The van der Waals surface area contributed by atoms with Crippen LogP contribution in [0.1, 0.15) is 12.0 Å². The van der Waals surface area contributed by atoms with Crippen LogP contribution < -0.4 is 0 Å². The largest absolute Gasteiger partial charge is 0.490 e. The van der Waals surface area contributed by atoms with E-state index < -0.39 is 0 Å². The van der Waals surface area contributed by atoms with Gasteiger partial charge in [-0.15, -0.1) is 0 Å². The summed E-state index contributed by atoms with van der Waals surface area (Å²) in [5.41, 5.74) is 1.08. The molecule has 0 atom stereocenters. The van der Waals surface area contributed by atoms with Crippen LogP contribution in [0.2, 0.25) is 0 Å². The van der Waals surface area contributed by atoms with E-state index in [0.29, 0.717) is 18.8 Å². The SMILES string of the molecule is O=C(Cc1ccsc1)C1=CCCO1. The topological polar surface area (TPSA) is 26.3 Å². The van der Waals surface area contributed by atoms with Crippen molar-refractivity contribution in [1.29, 1.82) is 0 Å². The van der Waals surface area contributed by atoms with E-state index in [4.69, 9.17) is 4.74 Å². The first kappa shape index (κ1) is 8.51. The van der Waals surface area contributed by atoms with Crippen molar-refractivity contribution < 1.29 is 9.53 Å². The van der Waals surface area contributed by atoms with E-state index in [1.165, 1.54) is 0 Å². The summed E-state index contributed by atoms with van der Waals surface area (Å²) < 4.78 is 5.18. The molecule has 2 rings (SSSR count). The van der Waals surface area contributed by atoms with Gasteiger partial charge in [0.2, 0.25) is 5.78 Å². The molecule has 1 aliphatic heterocycles. The summed E-state index contributed by atoms with van der Waals surface area (Å²) in [4.78, 5) is 11.5. The fourth-order valence-electron chi connectivity index (χ4n) is 1.28. The second kappa shape index (κ2) is 3.75. The number of ketones is 1. The molecule has 1 aromatic heterocycles. The van der Waals surface area contributed by atoms with E-state index in [-0.39, 0.29) is 5.78 Å². The predicted octanol–water partition coefficient (Wildman–Crippen LogP) is 2.16. The Labute approximate surface area is 80.8 Å². The number of Topliss-reactive ketones (excluding diaryl/α,β-unsaturated/α-hetero) is 1. The fourth-order valence-corrected chi connectivity index (χ4v) is 1.95. The second-order valence-corrected chi connectivity index (χ2v) is 3.72. The zero-order valence-corrected chi connectivity index (χ0v) is 7.97. The third-order valence-electron chi connectivity index (χ3n) is 1.92. The zero-order valence-electron chi connectivity index (χ0n) is 7.16. The smallest absolute Gasteiger partial charge is 0.201 e. The van der Waals surface area contributed by atoms with Gasteiger partial charge in [-0.3, -0.25) is 4.79 Å². The third-order valence-corrected chi connectivity index (χ3v) is 2.66. The van der Waals surface area contributed by atoms with Gasteiger partial charge in [0.1, 0.15) is 0 Å². The first-order chi connectivity index (χ1) is 6.36. The Balaban J connectivity index is 1.99. The summed E-state index contributed by atoms with van der Waals surface area (Å²) in [6.07, 6.45) is 3.20. The minimum atomic E-state index is 0.0934. The lowest BCUT2D eigenvalue weighted by molar-refractivity contribution is -0.117. The first-order valence-corrected chi connectivity index (χ1v) is 5.18. The van der Waals surface area contributed by atoms with E-state index >= 15 is 0 Å². The van der Waals surface area contributed by atoms with Crippen LogP contribution in [0.15, 0.2) is 28.7 Å². The monoisotopic (exact) mass is 194 g/mol. The van der Waals surface area contributed by atoms with Gasteiger partial charge in [0.25, 0.3) is 0 Å². The number of carbonyl (C=O) groups excluding carboxylic acids is 1. The number of rotatable bonds is 3. The molecule has 1 aliphatic rings. The lowest BCUT2D eigenvalue weighted by atomic mass is 10.1. The van der Waals surface area contributed by atoms with Crippen LogP contribution in [0.25, 0.3) is 0 Å². The number of carbonyl (C=O) groups is 1. The van der Waals surface area contributed by atoms with Gasteiger partial charge in [0, 0.05) is 12.8 Å². The molecule has 0 saturated heterocycles. The summed E-state index contributed by atoms with van der Waals surface area (Å²) >= 11 is 1.61. The molecule has 0 N–H and O–H groups in total. The molecule has 68 valence electrons. The predicted molar refractivity (Wildman–Crippen MR) is 51.7 cm³/mol. The van der Waals surface area contributed by atoms with E-state index in [1.807, 2.05) is 22.9 Å². The maximum Gasteiger partial charge on any atom is 0.201 e. The van der Waals surface area contributed by atoms with Crippen molar-refractivity contribution in [3.05, 3.63) is 34.2 Å². The number of hydrogen-bond acceptors (Lipinski definition) is 3. The normalized spacial score (nSPS) is 15.2. The lowest BCUT2D eigenvalue weighted by Gasteiger charge is -2.00.